The Hall–Kier alpha value is -3.81. The van der Waals surface area contributed by atoms with Crippen molar-refractivity contribution in [3.05, 3.63) is 99.3 Å². The number of nitrogens with one attached hydrogen (secondary N) is 2. The van der Waals surface area contributed by atoms with E-state index in [2.05, 4.69) is 35.9 Å². The van der Waals surface area contributed by atoms with E-state index < -0.39 is 5.41 Å². The Balaban J connectivity index is 1.49. The molecular formula is C32H39FN4O3. The van der Waals surface area contributed by atoms with Gasteiger partial charge >= 0.3 is 0 Å². The lowest BCUT2D eigenvalue weighted by Gasteiger charge is -2.44. The van der Waals surface area contributed by atoms with Crippen molar-refractivity contribution in [2.45, 2.75) is 72.4 Å². The van der Waals surface area contributed by atoms with Gasteiger partial charge in [0.05, 0.1) is 12.2 Å². The van der Waals surface area contributed by atoms with Gasteiger partial charge in [0, 0.05) is 40.5 Å². The van der Waals surface area contributed by atoms with Crippen LogP contribution in [-0.4, -0.2) is 45.5 Å². The summed E-state index contributed by atoms with van der Waals surface area (Å²) in [6.07, 6.45) is 9.37. The molecule has 0 radical (unpaired) electrons. The number of aromatic nitrogens is 2. The second-order valence-corrected chi connectivity index (χ2v) is 11.9. The van der Waals surface area contributed by atoms with Gasteiger partial charge in [0.1, 0.15) is 5.83 Å². The van der Waals surface area contributed by atoms with Crippen molar-refractivity contribution in [3.63, 3.8) is 0 Å². The number of halogens is 1. The van der Waals surface area contributed by atoms with Gasteiger partial charge in [-0.25, -0.2) is 9.49 Å². The maximum absolute atomic E-state index is 14.3. The maximum atomic E-state index is 14.3. The van der Waals surface area contributed by atoms with Gasteiger partial charge in [-0.15, -0.1) is 6.58 Å². The Morgan fingerprint density at radius 3 is 2.67 bits per heavy atom. The lowest BCUT2D eigenvalue weighted by Crippen LogP contribution is -2.54. The zero-order valence-electron chi connectivity index (χ0n) is 24.0. The predicted octanol–water partition coefficient (Wildman–Crippen LogP) is 5.10. The van der Waals surface area contributed by atoms with Crippen molar-refractivity contribution < 1.29 is 14.0 Å². The Kier molecular flexibility index (Phi) is 8.28. The van der Waals surface area contributed by atoms with Crippen molar-refractivity contribution in [2.24, 2.45) is 10.8 Å². The van der Waals surface area contributed by atoms with Gasteiger partial charge in [-0.3, -0.25) is 14.4 Å². The highest BCUT2D eigenvalue weighted by Crippen LogP contribution is 2.47. The highest BCUT2D eigenvalue weighted by molar-refractivity contribution is 5.96. The molecule has 0 spiro atoms. The average Bonchev–Trinajstić information content (AvgIpc) is 3.38. The molecule has 3 atom stereocenters. The molecule has 1 fully saturated rings. The summed E-state index contributed by atoms with van der Waals surface area (Å²) in [5.41, 5.74) is 2.44. The Bertz CT molecular complexity index is 1440. The van der Waals surface area contributed by atoms with E-state index in [1.54, 1.807) is 24.3 Å². The number of hydrogen-bond donors (Lipinski definition) is 2. The molecule has 2 heterocycles. The third kappa shape index (κ3) is 6.01. The van der Waals surface area contributed by atoms with Crippen LogP contribution in [0, 0.1) is 24.7 Å². The van der Waals surface area contributed by atoms with Crippen molar-refractivity contribution in [3.8, 4) is 0 Å². The largest absolute Gasteiger partial charge is 0.343 e. The molecule has 1 aliphatic heterocycles. The van der Waals surface area contributed by atoms with Gasteiger partial charge in [-0.1, -0.05) is 39.0 Å². The van der Waals surface area contributed by atoms with Crippen LogP contribution in [0.3, 0.4) is 0 Å². The highest BCUT2D eigenvalue weighted by Gasteiger charge is 2.49. The molecule has 0 saturated carbocycles. The Labute approximate surface area is 235 Å². The van der Waals surface area contributed by atoms with Crippen LogP contribution in [0.15, 0.2) is 65.8 Å². The number of carbonyl (C=O) groups excluding carboxylic acids is 2. The van der Waals surface area contributed by atoms with Crippen LogP contribution in [0.2, 0.25) is 0 Å². The van der Waals surface area contributed by atoms with E-state index in [-0.39, 0.29) is 47.2 Å². The topological polar surface area (TPSA) is 95.2 Å². The van der Waals surface area contributed by atoms with Crippen LogP contribution in [0.1, 0.15) is 72.8 Å². The van der Waals surface area contributed by atoms with E-state index in [0.29, 0.717) is 24.0 Å². The lowest BCUT2D eigenvalue weighted by molar-refractivity contribution is -0.136. The summed E-state index contributed by atoms with van der Waals surface area (Å²) in [7, 11) is 0. The Morgan fingerprint density at radius 1 is 1.25 bits per heavy atom. The molecule has 2 N–H and O–H groups in total. The zero-order chi connectivity index (χ0) is 29.2. The highest BCUT2D eigenvalue weighted by atomic mass is 19.1. The van der Waals surface area contributed by atoms with E-state index in [1.807, 2.05) is 43.9 Å². The number of hydrogen-bond acceptors (Lipinski definition) is 4. The number of aromatic amines is 1. The van der Waals surface area contributed by atoms with Crippen molar-refractivity contribution >= 4 is 11.8 Å². The molecule has 7 nitrogen and oxygen atoms in total. The van der Waals surface area contributed by atoms with Gasteiger partial charge in [0.2, 0.25) is 5.91 Å². The summed E-state index contributed by atoms with van der Waals surface area (Å²) >= 11 is 0. The summed E-state index contributed by atoms with van der Waals surface area (Å²) in [5, 5.41) is 9.21. The quantitative estimate of drug-likeness (QED) is 0.451. The van der Waals surface area contributed by atoms with Crippen LogP contribution in [-0.2, 0) is 11.2 Å². The fourth-order valence-electron chi connectivity index (χ4n) is 6.03. The van der Waals surface area contributed by atoms with Crippen molar-refractivity contribution in [2.75, 3.05) is 6.54 Å². The summed E-state index contributed by atoms with van der Waals surface area (Å²) < 4.78 is 14.3. The van der Waals surface area contributed by atoms with Crippen molar-refractivity contribution in [1.82, 2.24) is 20.4 Å². The fraction of sp³-hybridized carbons (Fsp3) is 0.438. The molecule has 2 aliphatic rings. The summed E-state index contributed by atoms with van der Waals surface area (Å²) in [5.74, 6) is -0.835. The van der Waals surface area contributed by atoms with Crippen LogP contribution in [0.5, 0.6) is 0 Å². The number of benzene rings is 1. The number of nitrogens with zero attached hydrogens (tertiary/aromatic N) is 2. The smallest absolute Gasteiger partial charge is 0.267 e. The van der Waals surface area contributed by atoms with Gasteiger partial charge in [0.25, 0.3) is 11.5 Å². The SMILES string of the molecule is C=CC(C)(C)[C@H]1CC[C@@H](C2(C)C=C(F)C=CC2)N1C(=O)CNC(=O)c1ccc(Cc2cc(C)n[nH]c2=O)c(C)c1. The second kappa shape index (κ2) is 11.4. The monoisotopic (exact) mass is 546 g/mol. The minimum absolute atomic E-state index is 0.111. The summed E-state index contributed by atoms with van der Waals surface area (Å²) in [4.78, 5) is 40.8. The number of amides is 2. The van der Waals surface area contributed by atoms with E-state index in [0.717, 1.165) is 29.7 Å². The van der Waals surface area contributed by atoms with E-state index >= 15 is 0 Å². The molecule has 2 amide bonds. The summed E-state index contributed by atoms with van der Waals surface area (Å²) in [6.45, 7) is 13.6. The molecule has 1 aromatic carbocycles. The first-order valence-electron chi connectivity index (χ1n) is 13.8. The normalized spacial score (nSPS) is 22.6. The van der Waals surface area contributed by atoms with E-state index in [4.69, 9.17) is 0 Å². The molecule has 4 rings (SSSR count). The number of H-pyrrole nitrogens is 1. The summed E-state index contributed by atoms with van der Waals surface area (Å²) in [6, 6.07) is 6.75. The molecular weight excluding hydrogens is 507 g/mol. The molecule has 2 aromatic rings. The number of likely N-dealkylation sites (tertiary alicyclic amines) is 1. The standard InChI is InChI=1S/C32H39FN4O3/c1-7-31(4,5)26-12-13-27(32(6)14-8-9-25(33)18-32)37(26)28(38)19-34-29(39)23-11-10-22(20(2)15-23)17-24-16-21(3)35-36-30(24)40/h7-11,15-16,18,26-27H,1,12-14,17,19H2,2-6H3,(H,34,39)(H,36,40)/t26-,27+,32?/m1/s1. The lowest BCUT2D eigenvalue weighted by atomic mass is 9.75. The predicted molar refractivity (Wildman–Crippen MR) is 155 cm³/mol. The molecule has 1 unspecified atom stereocenters. The first-order valence-corrected chi connectivity index (χ1v) is 13.8. The molecule has 212 valence electrons. The van der Waals surface area contributed by atoms with Gasteiger partial charge in [-0.2, -0.15) is 5.10 Å². The van der Waals surface area contributed by atoms with Crippen LogP contribution >= 0.6 is 0 Å². The zero-order valence-corrected chi connectivity index (χ0v) is 24.0. The van der Waals surface area contributed by atoms with E-state index in [1.165, 1.54) is 6.08 Å². The molecule has 1 aromatic heterocycles. The van der Waals surface area contributed by atoms with Gasteiger partial charge in [0.15, 0.2) is 0 Å². The molecule has 0 bridgehead atoms. The first kappa shape index (κ1) is 29.2. The van der Waals surface area contributed by atoms with Gasteiger partial charge < -0.3 is 10.2 Å². The molecule has 1 saturated heterocycles. The number of aryl methyl sites for hydroxylation is 2. The second-order valence-electron chi connectivity index (χ2n) is 11.9. The first-order chi connectivity index (χ1) is 18.8. The number of carbonyl (C=O) groups is 2. The van der Waals surface area contributed by atoms with Crippen LogP contribution < -0.4 is 10.9 Å². The average molecular weight is 547 g/mol. The number of allylic oxidation sites excluding steroid dienone is 3. The maximum Gasteiger partial charge on any atom is 0.267 e. The molecule has 40 heavy (non-hydrogen) atoms. The van der Waals surface area contributed by atoms with Gasteiger partial charge in [-0.05, 0) is 74.6 Å². The fourth-order valence-corrected chi connectivity index (χ4v) is 6.03. The minimum atomic E-state index is -0.535. The van der Waals surface area contributed by atoms with Crippen LogP contribution in [0.4, 0.5) is 4.39 Å². The minimum Gasteiger partial charge on any atom is -0.343 e. The Morgan fingerprint density at radius 2 is 2.00 bits per heavy atom. The van der Waals surface area contributed by atoms with Crippen molar-refractivity contribution in [1.29, 1.82) is 0 Å². The molecule has 8 heteroatoms. The van der Waals surface area contributed by atoms with Crippen LogP contribution in [0.25, 0.3) is 0 Å². The number of rotatable bonds is 8. The molecule has 1 aliphatic carbocycles. The third-order valence-corrected chi connectivity index (χ3v) is 8.52. The third-order valence-electron chi connectivity index (χ3n) is 8.52. The van der Waals surface area contributed by atoms with E-state index in [9.17, 15) is 18.8 Å².